The summed E-state index contributed by atoms with van der Waals surface area (Å²) >= 11 is 0. The molecule has 1 amide bonds. The second-order valence-electron chi connectivity index (χ2n) is 6.16. The van der Waals surface area contributed by atoms with Gasteiger partial charge in [-0.3, -0.25) is 4.79 Å². The molecule has 0 aromatic heterocycles. The molecule has 0 spiro atoms. The average Bonchev–Trinajstić information content (AvgIpc) is 3.01. The number of benzene rings is 1. The van der Waals surface area contributed by atoms with Crippen molar-refractivity contribution in [3.63, 3.8) is 0 Å². The van der Waals surface area contributed by atoms with E-state index in [0.29, 0.717) is 0 Å². The summed E-state index contributed by atoms with van der Waals surface area (Å²) in [6.07, 6.45) is 4.90. The molecule has 20 heavy (non-hydrogen) atoms. The maximum absolute atomic E-state index is 12.0. The Hall–Kier alpha value is -1.35. The first-order valence-corrected chi connectivity index (χ1v) is 7.85. The molecule has 0 aliphatic carbocycles. The van der Waals surface area contributed by atoms with Gasteiger partial charge in [-0.25, -0.2) is 0 Å². The van der Waals surface area contributed by atoms with Crippen molar-refractivity contribution in [3.8, 4) is 0 Å². The molecule has 1 saturated heterocycles. The molecule has 2 heterocycles. The van der Waals surface area contributed by atoms with E-state index in [1.54, 1.807) is 0 Å². The fraction of sp³-hybridized carbons (Fsp3) is 0.588. The molecule has 1 unspecified atom stereocenters. The standard InChI is InChI=1S/C17H24N2O/c1-2-17(9-12-19-10-5-6-11-19)13-18-16(20)14-7-3-4-8-15(14)17/h3-4,7-8H,2,5-6,9-13H2,1H3,(H,18,20). The molecule has 3 nitrogen and oxygen atoms in total. The Labute approximate surface area is 121 Å². The summed E-state index contributed by atoms with van der Waals surface area (Å²) in [7, 11) is 0. The van der Waals surface area contributed by atoms with Gasteiger partial charge in [0.15, 0.2) is 0 Å². The van der Waals surface area contributed by atoms with Gasteiger partial charge in [-0.15, -0.1) is 0 Å². The lowest BCUT2D eigenvalue weighted by Crippen LogP contribution is -2.48. The van der Waals surface area contributed by atoms with Crippen LogP contribution in [-0.4, -0.2) is 37.0 Å². The van der Waals surface area contributed by atoms with Crippen LogP contribution in [0.2, 0.25) is 0 Å². The highest BCUT2D eigenvalue weighted by Crippen LogP contribution is 2.36. The highest BCUT2D eigenvalue weighted by Gasteiger charge is 2.37. The quantitative estimate of drug-likeness (QED) is 0.913. The van der Waals surface area contributed by atoms with Gasteiger partial charge in [-0.1, -0.05) is 25.1 Å². The van der Waals surface area contributed by atoms with E-state index in [2.05, 4.69) is 29.3 Å². The van der Waals surface area contributed by atoms with Gasteiger partial charge in [-0.2, -0.15) is 0 Å². The molecule has 0 bridgehead atoms. The molecule has 1 aromatic rings. The summed E-state index contributed by atoms with van der Waals surface area (Å²) in [5.74, 6) is 0.0887. The Morgan fingerprint density at radius 2 is 2.00 bits per heavy atom. The van der Waals surface area contributed by atoms with Gasteiger partial charge in [0.25, 0.3) is 5.91 Å². The Kier molecular flexibility index (Phi) is 3.79. The minimum absolute atomic E-state index is 0.0887. The lowest BCUT2D eigenvalue weighted by Gasteiger charge is -2.39. The SMILES string of the molecule is CCC1(CCN2CCCC2)CNC(=O)c2ccccc21. The fourth-order valence-electron chi connectivity index (χ4n) is 3.68. The summed E-state index contributed by atoms with van der Waals surface area (Å²) in [5.41, 5.74) is 2.25. The third-order valence-electron chi connectivity index (χ3n) is 5.11. The van der Waals surface area contributed by atoms with E-state index < -0.39 is 0 Å². The molecule has 2 aliphatic heterocycles. The lowest BCUT2D eigenvalue weighted by atomic mass is 9.71. The zero-order chi connectivity index (χ0) is 14.0. The number of carbonyl (C=O) groups is 1. The molecule has 0 saturated carbocycles. The normalized spacial score (nSPS) is 26.4. The smallest absolute Gasteiger partial charge is 0.251 e. The van der Waals surface area contributed by atoms with Crippen LogP contribution < -0.4 is 5.32 Å². The molecule has 1 N–H and O–H groups in total. The van der Waals surface area contributed by atoms with E-state index in [4.69, 9.17) is 0 Å². The van der Waals surface area contributed by atoms with E-state index >= 15 is 0 Å². The number of likely N-dealkylation sites (tertiary alicyclic amines) is 1. The number of hydrogen-bond acceptors (Lipinski definition) is 2. The average molecular weight is 272 g/mol. The van der Waals surface area contributed by atoms with Crippen LogP contribution in [0, 0.1) is 0 Å². The zero-order valence-electron chi connectivity index (χ0n) is 12.3. The number of nitrogens with one attached hydrogen (secondary N) is 1. The van der Waals surface area contributed by atoms with Crippen LogP contribution in [0.25, 0.3) is 0 Å². The minimum atomic E-state index is 0.0887. The third kappa shape index (κ3) is 2.35. The van der Waals surface area contributed by atoms with Crippen molar-refractivity contribution in [2.75, 3.05) is 26.2 Å². The van der Waals surface area contributed by atoms with Gasteiger partial charge in [0.1, 0.15) is 0 Å². The summed E-state index contributed by atoms with van der Waals surface area (Å²) < 4.78 is 0. The third-order valence-corrected chi connectivity index (χ3v) is 5.11. The number of nitrogens with zero attached hydrogens (tertiary/aromatic N) is 1. The second-order valence-corrected chi connectivity index (χ2v) is 6.16. The van der Waals surface area contributed by atoms with Gasteiger partial charge in [0.05, 0.1) is 0 Å². The van der Waals surface area contributed by atoms with E-state index in [9.17, 15) is 4.79 Å². The fourth-order valence-corrected chi connectivity index (χ4v) is 3.68. The van der Waals surface area contributed by atoms with Gasteiger partial charge >= 0.3 is 0 Å². The summed E-state index contributed by atoms with van der Waals surface area (Å²) in [6, 6.07) is 8.15. The molecule has 2 aliphatic rings. The zero-order valence-corrected chi connectivity index (χ0v) is 12.3. The van der Waals surface area contributed by atoms with E-state index in [-0.39, 0.29) is 11.3 Å². The number of hydrogen-bond donors (Lipinski definition) is 1. The van der Waals surface area contributed by atoms with Crippen molar-refractivity contribution >= 4 is 5.91 Å². The van der Waals surface area contributed by atoms with Gasteiger partial charge in [0.2, 0.25) is 0 Å². The van der Waals surface area contributed by atoms with Crippen molar-refractivity contribution in [2.45, 2.75) is 38.0 Å². The largest absolute Gasteiger partial charge is 0.351 e. The Morgan fingerprint density at radius 3 is 2.75 bits per heavy atom. The van der Waals surface area contributed by atoms with Crippen LogP contribution in [0.5, 0.6) is 0 Å². The van der Waals surface area contributed by atoms with Crippen molar-refractivity contribution in [3.05, 3.63) is 35.4 Å². The Bertz CT molecular complexity index is 494. The molecule has 3 heteroatoms. The number of amides is 1. The molecule has 108 valence electrons. The minimum Gasteiger partial charge on any atom is -0.351 e. The number of carbonyl (C=O) groups excluding carboxylic acids is 1. The first-order valence-electron chi connectivity index (χ1n) is 7.85. The highest BCUT2D eigenvalue weighted by molar-refractivity contribution is 5.97. The topological polar surface area (TPSA) is 32.3 Å². The van der Waals surface area contributed by atoms with Crippen molar-refractivity contribution in [1.82, 2.24) is 10.2 Å². The van der Waals surface area contributed by atoms with Crippen molar-refractivity contribution < 1.29 is 4.79 Å². The van der Waals surface area contributed by atoms with Gasteiger partial charge in [-0.05, 0) is 56.9 Å². The predicted octanol–water partition coefficient (Wildman–Crippen LogP) is 2.56. The second kappa shape index (κ2) is 5.57. The van der Waals surface area contributed by atoms with Crippen LogP contribution in [0.3, 0.4) is 0 Å². The maximum atomic E-state index is 12.0. The van der Waals surface area contributed by atoms with Gasteiger partial charge < -0.3 is 10.2 Å². The van der Waals surface area contributed by atoms with Crippen LogP contribution in [-0.2, 0) is 5.41 Å². The summed E-state index contributed by atoms with van der Waals surface area (Å²) in [4.78, 5) is 14.6. The molecular weight excluding hydrogens is 248 g/mol. The first-order chi connectivity index (χ1) is 9.75. The molecule has 1 aromatic carbocycles. The number of fused-ring (bicyclic) bond motifs is 1. The molecule has 1 fully saturated rings. The lowest BCUT2D eigenvalue weighted by molar-refractivity contribution is 0.0917. The summed E-state index contributed by atoms with van der Waals surface area (Å²) in [5, 5.41) is 3.10. The maximum Gasteiger partial charge on any atom is 0.251 e. The molecule has 3 rings (SSSR count). The molecule has 1 atom stereocenters. The Morgan fingerprint density at radius 1 is 1.25 bits per heavy atom. The van der Waals surface area contributed by atoms with Crippen LogP contribution in [0.15, 0.2) is 24.3 Å². The Balaban J connectivity index is 1.84. The van der Waals surface area contributed by atoms with Crippen LogP contribution in [0.1, 0.15) is 48.5 Å². The number of rotatable bonds is 4. The molecule has 0 radical (unpaired) electrons. The van der Waals surface area contributed by atoms with E-state index in [1.807, 2.05) is 12.1 Å². The van der Waals surface area contributed by atoms with E-state index in [0.717, 1.165) is 31.5 Å². The first kappa shape index (κ1) is 13.6. The summed E-state index contributed by atoms with van der Waals surface area (Å²) in [6.45, 7) is 6.67. The van der Waals surface area contributed by atoms with Crippen molar-refractivity contribution in [2.24, 2.45) is 0 Å². The highest BCUT2D eigenvalue weighted by atomic mass is 16.1. The van der Waals surface area contributed by atoms with Crippen LogP contribution >= 0.6 is 0 Å². The van der Waals surface area contributed by atoms with Crippen LogP contribution in [0.4, 0.5) is 0 Å². The van der Waals surface area contributed by atoms with Gasteiger partial charge in [0, 0.05) is 17.5 Å². The predicted molar refractivity (Wildman–Crippen MR) is 81.0 cm³/mol. The monoisotopic (exact) mass is 272 g/mol. The van der Waals surface area contributed by atoms with E-state index in [1.165, 1.54) is 31.5 Å². The molecular formula is C17H24N2O. The van der Waals surface area contributed by atoms with Crippen molar-refractivity contribution in [1.29, 1.82) is 0 Å².